The molecule has 1 aromatic carbocycles. The minimum atomic E-state index is -0.115. The summed E-state index contributed by atoms with van der Waals surface area (Å²) in [7, 11) is 0. The largest absolute Gasteiger partial charge is 0.359 e. The fourth-order valence-electron chi connectivity index (χ4n) is 2.92. The number of allylic oxidation sites excluding steroid dienone is 1. The van der Waals surface area contributed by atoms with Gasteiger partial charge in [-0.05, 0) is 43.7 Å². The van der Waals surface area contributed by atoms with Crippen LogP contribution in [-0.4, -0.2) is 29.9 Å². The molecular weight excluding hydrogens is 388 g/mol. The van der Waals surface area contributed by atoms with Gasteiger partial charge in [0, 0.05) is 61.2 Å². The number of carbonyl (C=O) groups is 2. The van der Waals surface area contributed by atoms with Crippen molar-refractivity contribution in [3.63, 3.8) is 0 Å². The molecule has 6 heteroatoms. The van der Waals surface area contributed by atoms with Crippen molar-refractivity contribution >= 4 is 23.6 Å². The van der Waals surface area contributed by atoms with Crippen LogP contribution in [0.25, 0.3) is 23.0 Å². The fourth-order valence-corrected chi connectivity index (χ4v) is 2.92. The van der Waals surface area contributed by atoms with E-state index in [1.807, 2.05) is 56.3 Å². The van der Waals surface area contributed by atoms with Crippen LogP contribution in [0.2, 0.25) is 0 Å². The van der Waals surface area contributed by atoms with Gasteiger partial charge in [-0.1, -0.05) is 30.9 Å². The Bertz CT molecular complexity index is 993. The van der Waals surface area contributed by atoms with Gasteiger partial charge in [0.2, 0.25) is 11.8 Å². The first-order valence-electron chi connectivity index (χ1n) is 10.3. The van der Waals surface area contributed by atoms with E-state index in [2.05, 4.69) is 27.5 Å². The molecule has 0 unspecified atom stereocenters. The molecule has 0 fully saturated rings. The van der Waals surface area contributed by atoms with Crippen molar-refractivity contribution in [1.82, 2.24) is 20.9 Å². The van der Waals surface area contributed by atoms with E-state index in [9.17, 15) is 9.59 Å². The van der Waals surface area contributed by atoms with Crippen LogP contribution in [0.3, 0.4) is 0 Å². The molecule has 0 aliphatic heterocycles. The number of pyridine rings is 1. The molecule has 0 spiro atoms. The molecule has 1 aromatic heterocycles. The molecule has 2 rings (SSSR count). The number of aromatic nitrogens is 1. The first-order valence-corrected chi connectivity index (χ1v) is 10.3. The number of amides is 2. The third-order valence-electron chi connectivity index (χ3n) is 4.43. The number of nitrogens with zero attached hydrogens (tertiary/aromatic N) is 1. The molecule has 0 saturated heterocycles. The third kappa shape index (κ3) is 7.93. The Morgan fingerprint density at radius 1 is 1.16 bits per heavy atom. The van der Waals surface area contributed by atoms with Gasteiger partial charge < -0.3 is 16.0 Å². The Morgan fingerprint density at radius 3 is 2.68 bits per heavy atom. The topological polar surface area (TPSA) is 83.1 Å². The molecule has 0 aliphatic rings. The second kappa shape index (κ2) is 12.1. The van der Waals surface area contributed by atoms with Gasteiger partial charge in [0.15, 0.2) is 0 Å². The zero-order valence-electron chi connectivity index (χ0n) is 18.4. The Morgan fingerprint density at radius 2 is 1.97 bits per heavy atom. The molecule has 162 valence electrons. The minimum Gasteiger partial charge on any atom is -0.359 e. The van der Waals surface area contributed by atoms with Crippen LogP contribution < -0.4 is 16.0 Å². The number of likely N-dealkylation sites (N-methyl/N-ethyl adjacent to an activating group) is 1. The van der Waals surface area contributed by atoms with E-state index in [4.69, 9.17) is 0 Å². The first-order chi connectivity index (χ1) is 14.9. The predicted octanol–water partition coefficient (Wildman–Crippen LogP) is 3.89. The normalized spacial score (nSPS) is 11.3. The van der Waals surface area contributed by atoms with Crippen molar-refractivity contribution in [2.45, 2.75) is 27.2 Å². The molecule has 2 amide bonds. The van der Waals surface area contributed by atoms with E-state index in [1.54, 1.807) is 12.3 Å². The molecule has 2 aromatic rings. The second-order valence-electron chi connectivity index (χ2n) is 6.95. The first kappa shape index (κ1) is 23.6. The van der Waals surface area contributed by atoms with Gasteiger partial charge in [0.1, 0.15) is 0 Å². The summed E-state index contributed by atoms with van der Waals surface area (Å²) in [5.41, 5.74) is 5.43. The van der Waals surface area contributed by atoms with Crippen LogP contribution in [0.15, 0.2) is 67.0 Å². The van der Waals surface area contributed by atoms with E-state index in [1.165, 1.54) is 13.0 Å². The van der Waals surface area contributed by atoms with Gasteiger partial charge in [0.25, 0.3) is 0 Å². The average Bonchev–Trinajstić information content (AvgIpc) is 2.76. The average molecular weight is 419 g/mol. The van der Waals surface area contributed by atoms with Crippen molar-refractivity contribution in [2.24, 2.45) is 0 Å². The summed E-state index contributed by atoms with van der Waals surface area (Å²) < 4.78 is 0. The maximum absolute atomic E-state index is 11.7. The summed E-state index contributed by atoms with van der Waals surface area (Å²) >= 11 is 0. The van der Waals surface area contributed by atoms with Crippen LogP contribution in [0.1, 0.15) is 38.3 Å². The van der Waals surface area contributed by atoms with E-state index < -0.39 is 0 Å². The monoisotopic (exact) mass is 418 g/mol. The minimum absolute atomic E-state index is 0.0547. The SMILES string of the molecule is C=C(CCNC(C)=O)N/C(=C\C)c1ccnc(-c2cccc(/C=C/C(=O)NCC)c2)c1. The molecule has 31 heavy (non-hydrogen) atoms. The Kier molecular flexibility index (Phi) is 9.23. The van der Waals surface area contributed by atoms with Gasteiger partial charge in [-0.2, -0.15) is 0 Å². The lowest BCUT2D eigenvalue weighted by atomic mass is 10.0. The van der Waals surface area contributed by atoms with E-state index in [-0.39, 0.29) is 11.8 Å². The van der Waals surface area contributed by atoms with Crippen LogP contribution in [0.4, 0.5) is 0 Å². The Labute approximate surface area is 184 Å². The third-order valence-corrected chi connectivity index (χ3v) is 4.43. The molecule has 3 N–H and O–H groups in total. The lowest BCUT2D eigenvalue weighted by Gasteiger charge is -2.14. The number of nitrogens with one attached hydrogen (secondary N) is 3. The number of hydrogen-bond acceptors (Lipinski definition) is 4. The lowest BCUT2D eigenvalue weighted by molar-refractivity contribution is -0.119. The number of benzene rings is 1. The molecule has 0 saturated carbocycles. The van der Waals surface area contributed by atoms with Crippen molar-refractivity contribution in [3.8, 4) is 11.3 Å². The van der Waals surface area contributed by atoms with Gasteiger partial charge in [-0.3, -0.25) is 14.6 Å². The molecule has 0 radical (unpaired) electrons. The van der Waals surface area contributed by atoms with Crippen molar-refractivity contribution in [2.75, 3.05) is 13.1 Å². The van der Waals surface area contributed by atoms with Crippen molar-refractivity contribution in [3.05, 3.63) is 78.1 Å². The van der Waals surface area contributed by atoms with Gasteiger partial charge in [-0.25, -0.2) is 0 Å². The van der Waals surface area contributed by atoms with Gasteiger partial charge in [-0.15, -0.1) is 0 Å². The summed E-state index contributed by atoms with van der Waals surface area (Å²) in [5, 5.41) is 8.83. The summed E-state index contributed by atoms with van der Waals surface area (Å²) in [6.07, 6.45) is 7.70. The standard InChI is InChI=1S/C25H30N4O2/c1-5-23(29-18(3)12-14-27-19(4)30)22-13-15-28-24(17-22)21-9-7-8-20(16-21)10-11-25(31)26-6-2/h5,7-11,13,15-17,29H,3,6,12,14H2,1-2,4H3,(H,26,31)(H,27,30)/b11-10+,23-5-. The zero-order valence-corrected chi connectivity index (χ0v) is 18.4. The van der Waals surface area contributed by atoms with Crippen LogP contribution in [0.5, 0.6) is 0 Å². The number of carbonyl (C=O) groups excluding carboxylic acids is 2. The highest BCUT2D eigenvalue weighted by Gasteiger charge is 2.07. The maximum atomic E-state index is 11.7. The molecular formula is C25H30N4O2. The molecule has 6 nitrogen and oxygen atoms in total. The highest BCUT2D eigenvalue weighted by Crippen LogP contribution is 2.23. The molecule has 1 heterocycles. The van der Waals surface area contributed by atoms with E-state index in [0.29, 0.717) is 19.5 Å². The lowest BCUT2D eigenvalue weighted by Crippen LogP contribution is -2.23. The summed E-state index contributed by atoms with van der Waals surface area (Å²) in [6.45, 7) is 10.5. The number of rotatable bonds is 10. The van der Waals surface area contributed by atoms with Crippen molar-refractivity contribution < 1.29 is 9.59 Å². The van der Waals surface area contributed by atoms with E-state index in [0.717, 1.165) is 33.8 Å². The van der Waals surface area contributed by atoms with Crippen LogP contribution in [-0.2, 0) is 9.59 Å². The highest BCUT2D eigenvalue weighted by atomic mass is 16.2. The molecule has 0 bridgehead atoms. The van der Waals surface area contributed by atoms with Gasteiger partial charge in [0.05, 0.1) is 5.69 Å². The Hall–Kier alpha value is -3.67. The maximum Gasteiger partial charge on any atom is 0.243 e. The number of hydrogen-bond donors (Lipinski definition) is 3. The van der Waals surface area contributed by atoms with E-state index >= 15 is 0 Å². The van der Waals surface area contributed by atoms with Crippen LogP contribution >= 0.6 is 0 Å². The smallest absolute Gasteiger partial charge is 0.243 e. The quantitative estimate of drug-likeness (QED) is 0.511. The predicted molar refractivity (Wildman–Crippen MR) is 127 cm³/mol. The highest BCUT2D eigenvalue weighted by molar-refractivity contribution is 5.91. The van der Waals surface area contributed by atoms with Crippen molar-refractivity contribution in [1.29, 1.82) is 0 Å². The molecule has 0 atom stereocenters. The summed E-state index contributed by atoms with van der Waals surface area (Å²) in [6, 6.07) is 11.8. The fraction of sp³-hybridized carbons (Fsp3) is 0.240. The Balaban J connectivity index is 2.15. The summed E-state index contributed by atoms with van der Waals surface area (Å²) in [5.74, 6) is -0.170. The zero-order chi connectivity index (χ0) is 22.6. The summed E-state index contributed by atoms with van der Waals surface area (Å²) in [4.78, 5) is 27.2. The molecule has 0 aliphatic carbocycles. The van der Waals surface area contributed by atoms with Crippen LogP contribution in [0, 0.1) is 0 Å². The van der Waals surface area contributed by atoms with Gasteiger partial charge >= 0.3 is 0 Å². The second-order valence-corrected chi connectivity index (χ2v) is 6.95.